The van der Waals surface area contributed by atoms with Gasteiger partial charge in [0.15, 0.2) is 5.75 Å². The van der Waals surface area contributed by atoms with Crippen molar-refractivity contribution in [3.8, 4) is 11.5 Å². The molecule has 0 heterocycles. The average Bonchev–Trinajstić information content (AvgIpc) is 2.61. The number of rotatable bonds is 3. The highest BCUT2D eigenvalue weighted by molar-refractivity contribution is 7.87. The van der Waals surface area contributed by atoms with Crippen LogP contribution in [0.4, 0.5) is 0 Å². The molecule has 0 aromatic heterocycles. The van der Waals surface area contributed by atoms with E-state index in [-0.39, 0.29) is 21.4 Å². The summed E-state index contributed by atoms with van der Waals surface area (Å²) in [6.07, 6.45) is 0. The standard InChI is InChI=1S/C20H13ClO4S/c21-17-12-18(22)15-9-3-4-10-16(15)20(17)26(23,24)25-19-11-5-7-13-6-1-2-8-14(13)19/h1-12,22H. The summed E-state index contributed by atoms with van der Waals surface area (Å²) < 4.78 is 31.4. The molecule has 0 aliphatic heterocycles. The van der Waals surface area contributed by atoms with Gasteiger partial charge in [0.1, 0.15) is 10.6 Å². The number of fused-ring (bicyclic) bond motifs is 2. The molecular weight excluding hydrogens is 372 g/mol. The minimum Gasteiger partial charge on any atom is -0.507 e. The van der Waals surface area contributed by atoms with Crippen molar-refractivity contribution < 1.29 is 17.7 Å². The summed E-state index contributed by atoms with van der Waals surface area (Å²) in [5.41, 5.74) is 0. The van der Waals surface area contributed by atoms with Crippen LogP contribution >= 0.6 is 11.6 Å². The molecular formula is C20H13ClO4S. The van der Waals surface area contributed by atoms with E-state index < -0.39 is 10.1 Å². The smallest absolute Gasteiger partial charge is 0.341 e. The third-order valence-corrected chi connectivity index (χ3v) is 5.88. The van der Waals surface area contributed by atoms with Gasteiger partial charge in [0.05, 0.1) is 5.02 Å². The zero-order chi connectivity index (χ0) is 18.3. The molecule has 0 aliphatic rings. The third-order valence-electron chi connectivity index (χ3n) is 4.13. The van der Waals surface area contributed by atoms with E-state index in [9.17, 15) is 13.5 Å². The average molecular weight is 385 g/mol. The molecule has 6 heteroatoms. The van der Waals surface area contributed by atoms with E-state index >= 15 is 0 Å². The molecule has 4 rings (SSSR count). The summed E-state index contributed by atoms with van der Waals surface area (Å²) in [5, 5.41) is 12.2. The summed E-state index contributed by atoms with van der Waals surface area (Å²) >= 11 is 6.16. The van der Waals surface area contributed by atoms with Crippen molar-refractivity contribution in [3.05, 3.63) is 77.8 Å². The van der Waals surface area contributed by atoms with E-state index in [2.05, 4.69) is 0 Å². The Hall–Kier alpha value is -2.76. The van der Waals surface area contributed by atoms with Crippen LogP contribution in [0, 0.1) is 0 Å². The first-order valence-corrected chi connectivity index (χ1v) is 9.58. The van der Waals surface area contributed by atoms with Gasteiger partial charge in [0.2, 0.25) is 0 Å². The molecule has 0 unspecified atom stereocenters. The second kappa shape index (κ2) is 6.20. The lowest BCUT2D eigenvalue weighted by molar-refractivity contribution is 0.480. The molecule has 0 fully saturated rings. The van der Waals surface area contributed by atoms with Gasteiger partial charge in [0, 0.05) is 22.2 Å². The maximum atomic E-state index is 13.0. The minimum absolute atomic E-state index is 0.0882. The number of aromatic hydroxyl groups is 1. The Kier molecular flexibility index (Phi) is 3.98. The Labute approximate surface area is 155 Å². The van der Waals surface area contributed by atoms with Gasteiger partial charge in [-0.15, -0.1) is 0 Å². The molecule has 0 amide bonds. The normalized spacial score (nSPS) is 11.7. The molecule has 130 valence electrons. The predicted molar refractivity (Wildman–Crippen MR) is 102 cm³/mol. The summed E-state index contributed by atoms with van der Waals surface area (Å²) in [6.45, 7) is 0. The molecule has 26 heavy (non-hydrogen) atoms. The molecule has 0 atom stereocenters. The van der Waals surface area contributed by atoms with Gasteiger partial charge in [-0.05, 0) is 11.5 Å². The van der Waals surface area contributed by atoms with E-state index in [0.717, 1.165) is 5.39 Å². The Morgan fingerprint density at radius 1 is 0.808 bits per heavy atom. The number of phenols is 1. The van der Waals surface area contributed by atoms with Gasteiger partial charge in [-0.25, -0.2) is 0 Å². The van der Waals surface area contributed by atoms with Crippen LogP contribution in [0.15, 0.2) is 77.7 Å². The minimum atomic E-state index is -4.22. The largest absolute Gasteiger partial charge is 0.507 e. The van der Waals surface area contributed by atoms with Crippen molar-refractivity contribution in [1.82, 2.24) is 0 Å². The van der Waals surface area contributed by atoms with Crippen molar-refractivity contribution >= 4 is 43.3 Å². The van der Waals surface area contributed by atoms with E-state index in [4.69, 9.17) is 15.8 Å². The SMILES string of the molecule is O=S(=O)(Oc1cccc2ccccc12)c1c(Cl)cc(O)c2ccccc12. The fourth-order valence-corrected chi connectivity index (χ4v) is 4.68. The number of halogens is 1. The highest BCUT2D eigenvalue weighted by Crippen LogP contribution is 2.38. The Morgan fingerprint density at radius 3 is 2.19 bits per heavy atom. The van der Waals surface area contributed by atoms with Crippen LogP contribution in [0.3, 0.4) is 0 Å². The van der Waals surface area contributed by atoms with Gasteiger partial charge >= 0.3 is 10.1 Å². The van der Waals surface area contributed by atoms with Crippen LogP contribution in [-0.2, 0) is 10.1 Å². The van der Waals surface area contributed by atoms with Crippen LogP contribution in [-0.4, -0.2) is 13.5 Å². The third kappa shape index (κ3) is 2.75. The van der Waals surface area contributed by atoms with Crippen molar-refractivity contribution in [2.24, 2.45) is 0 Å². The van der Waals surface area contributed by atoms with Crippen molar-refractivity contribution in [3.63, 3.8) is 0 Å². The van der Waals surface area contributed by atoms with Gasteiger partial charge in [-0.2, -0.15) is 8.42 Å². The highest BCUT2D eigenvalue weighted by atomic mass is 35.5. The quantitative estimate of drug-likeness (QED) is 0.498. The summed E-state index contributed by atoms with van der Waals surface area (Å²) in [7, 11) is -4.22. The van der Waals surface area contributed by atoms with Gasteiger partial charge in [-0.1, -0.05) is 72.3 Å². The van der Waals surface area contributed by atoms with Crippen LogP contribution in [0.25, 0.3) is 21.5 Å². The molecule has 0 aliphatic carbocycles. The number of benzene rings is 4. The van der Waals surface area contributed by atoms with Crippen LogP contribution in [0.1, 0.15) is 0 Å². The lowest BCUT2D eigenvalue weighted by Crippen LogP contribution is -2.11. The zero-order valence-corrected chi connectivity index (χ0v) is 15.0. The zero-order valence-electron chi connectivity index (χ0n) is 13.4. The Bertz CT molecular complexity index is 1240. The molecule has 1 N–H and O–H groups in total. The first-order chi connectivity index (χ1) is 12.5. The van der Waals surface area contributed by atoms with Crippen molar-refractivity contribution in [2.45, 2.75) is 4.90 Å². The molecule has 4 nitrogen and oxygen atoms in total. The fourth-order valence-electron chi connectivity index (χ4n) is 2.98. The van der Waals surface area contributed by atoms with E-state index in [0.29, 0.717) is 16.2 Å². The molecule has 4 aromatic rings. The number of hydrogen-bond donors (Lipinski definition) is 1. The lowest BCUT2D eigenvalue weighted by Gasteiger charge is -2.13. The Morgan fingerprint density at radius 2 is 1.42 bits per heavy atom. The number of phenolic OH excluding ortho intramolecular Hbond substituents is 1. The second-order valence-electron chi connectivity index (χ2n) is 5.77. The van der Waals surface area contributed by atoms with Crippen LogP contribution < -0.4 is 4.18 Å². The molecule has 0 bridgehead atoms. The topological polar surface area (TPSA) is 63.6 Å². The van der Waals surface area contributed by atoms with Crippen molar-refractivity contribution in [2.75, 3.05) is 0 Å². The Balaban J connectivity index is 1.92. The van der Waals surface area contributed by atoms with Crippen LogP contribution in [0.5, 0.6) is 11.5 Å². The van der Waals surface area contributed by atoms with Crippen molar-refractivity contribution in [1.29, 1.82) is 0 Å². The number of hydrogen-bond acceptors (Lipinski definition) is 4. The van der Waals surface area contributed by atoms with E-state index in [1.54, 1.807) is 42.5 Å². The first-order valence-electron chi connectivity index (χ1n) is 7.80. The van der Waals surface area contributed by atoms with Gasteiger partial charge in [-0.3, -0.25) is 0 Å². The van der Waals surface area contributed by atoms with Gasteiger partial charge in [0.25, 0.3) is 0 Å². The molecule has 0 spiro atoms. The first kappa shape index (κ1) is 16.7. The summed E-state index contributed by atoms with van der Waals surface area (Å²) in [6, 6.07) is 20.3. The van der Waals surface area contributed by atoms with Crippen LogP contribution in [0.2, 0.25) is 5.02 Å². The maximum Gasteiger partial charge on any atom is 0.341 e. The monoisotopic (exact) mass is 384 g/mol. The summed E-state index contributed by atoms with van der Waals surface area (Å²) in [4.78, 5) is -0.166. The highest BCUT2D eigenvalue weighted by Gasteiger charge is 2.25. The lowest BCUT2D eigenvalue weighted by atomic mass is 10.1. The van der Waals surface area contributed by atoms with Gasteiger partial charge < -0.3 is 9.29 Å². The van der Waals surface area contributed by atoms with E-state index in [1.165, 1.54) is 6.07 Å². The molecule has 4 aromatic carbocycles. The molecule has 0 radical (unpaired) electrons. The maximum absolute atomic E-state index is 13.0. The summed E-state index contributed by atoms with van der Waals surface area (Å²) in [5.74, 6) is 0.131. The van der Waals surface area contributed by atoms with E-state index in [1.807, 2.05) is 24.3 Å². The predicted octanol–water partition coefficient (Wildman–Crippen LogP) is 5.12. The fraction of sp³-hybridized carbons (Fsp3) is 0. The molecule has 0 saturated heterocycles. The molecule has 0 saturated carbocycles. The second-order valence-corrected chi connectivity index (χ2v) is 7.66.